The Morgan fingerprint density at radius 1 is 0.348 bits per heavy atom. The van der Waals surface area contributed by atoms with Gasteiger partial charge in [-0.1, -0.05) is 356 Å². The van der Waals surface area contributed by atoms with E-state index in [4.69, 9.17) is 18.5 Å². The minimum absolute atomic E-state index is 0.0323. The number of esters is 2. The van der Waals surface area contributed by atoms with Crippen LogP contribution in [-0.2, 0) is 32.7 Å². The highest BCUT2D eigenvalue weighted by molar-refractivity contribution is 7.47. The van der Waals surface area contributed by atoms with Gasteiger partial charge in [-0.25, -0.2) is 4.57 Å². The Kier molecular flexibility index (Phi) is 70.2. The van der Waals surface area contributed by atoms with Crippen LogP contribution in [0.15, 0.2) is 85.1 Å². The molecule has 9 nitrogen and oxygen atoms in total. The van der Waals surface area contributed by atoms with Crippen molar-refractivity contribution in [3.05, 3.63) is 85.1 Å². The second kappa shape index (κ2) is 72.5. The second-order valence-corrected chi connectivity index (χ2v) is 29.2. The number of phosphoric ester groups is 1. The zero-order valence-electron chi connectivity index (χ0n) is 61.3. The van der Waals surface area contributed by atoms with Crippen LogP contribution in [-0.4, -0.2) is 74.9 Å². The summed E-state index contributed by atoms with van der Waals surface area (Å²) in [4.78, 5) is 36.0. The highest BCUT2D eigenvalue weighted by Gasteiger charge is 2.27. The van der Waals surface area contributed by atoms with E-state index < -0.39 is 26.5 Å². The minimum atomic E-state index is -4.40. The van der Waals surface area contributed by atoms with E-state index in [1.54, 1.807) is 0 Å². The van der Waals surface area contributed by atoms with Crippen molar-refractivity contribution < 1.29 is 42.1 Å². The van der Waals surface area contributed by atoms with Gasteiger partial charge in [0.1, 0.15) is 19.8 Å². The molecule has 0 saturated carbocycles. The molecular weight excluding hydrogens is 1160 g/mol. The first-order chi connectivity index (χ1) is 45.0. The highest BCUT2D eigenvalue weighted by Crippen LogP contribution is 2.43. The van der Waals surface area contributed by atoms with E-state index in [0.29, 0.717) is 23.9 Å². The summed E-state index contributed by atoms with van der Waals surface area (Å²) in [6, 6.07) is 0. The first-order valence-corrected chi connectivity index (χ1v) is 40.8. The summed E-state index contributed by atoms with van der Waals surface area (Å²) < 4.78 is 34.8. The summed E-state index contributed by atoms with van der Waals surface area (Å²) in [6.45, 7) is 4.37. The molecule has 92 heavy (non-hydrogen) atoms. The lowest BCUT2D eigenvalue weighted by Crippen LogP contribution is -2.37. The molecule has 0 rings (SSSR count). The number of phosphoric acid groups is 1. The second-order valence-electron chi connectivity index (χ2n) is 27.7. The number of likely N-dealkylation sites (N-methyl/N-ethyl adjacent to an activating group) is 1. The van der Waals surface area contributed by atoms with Crippen molar-refractivity contribution in [1.29, 1.82) is 0 Å². The Morgan fingerprint density at radius 3 is 0.924 bits per heavy atom. The van der Waals surface area contributed by atoms with Gasteiger partial charge in [-0.15, -0.1) is 0 Å². The number of hydrogen-bond donors (Lipinski definition) is 1. The molecule has 0 aliphatic carbocycles. The van der Waals surface area contributed by atoms with Crippen LogP contribution in [0.25, 0.3) is 0 Å². The molecule has 0 heterocycles. The van der Waals surface area contributed by atoms with Gasteiger partial charge in [-0.3, -0.25) is 18.6 Å². The summed E-state index contributed by atoms with van der Waals surface area (Å²) in [5.41, 5.74) is 0. The number of quaternary nitrogens is 1. The lowest BCUT2D eigenvalue weighted by molar-refractivity contribution is -0.870. The Balaban J connectivity index is 3.94. The predicted octanol–water partition coefficient (Wildman–Crippen LogP) is 26.1. The minimum Gasteiger partial charge on any atom is -0.462 e. The van der Waals surface area contributed by atoms with E-state index in [0.717, 1.165) is 70.6 Å². The SMILES string of the molecule is CC/C=C\C/C=C\C/C=C\C/C=C\CCCCCCCCCCCCCCCCCCCCCCCCCCC(=O)OC(COC(=O)CCCCCCCCCCCCCCCCCC/C=C\C/C=C\C/C=C\CCCCCCC)COP(=O)(O)OCC[N+](C)(C)C. The average molecular weight is 1310 g/mol. The fourth-order valence-corrected chi connectivity index (χ4v) is 12.2. The Morgan fingerprint density at radius 2 is 0.620 bits per heavy atom. The zero-order valence-corrected chi connectivity index (χ0v) is 62.2. The number of allylic oxidation sites excluding steroid dienone is 14. The van der Waals surface area contributed by atoms with Gasteiger partial charge in [0.2, 0.25) is 0 Å². The van der Waals surface area contributed by atoms with Crippen molar-refractivity contribution >= 4 is 19.8 Å². The number of hydrogen-bond acceptors (Lipinski definition) is 7. The van der Waals surface area contributed by atoms with Gasteiger partial charge >= 0.3 is 19.8 Å². The van der Waals surface area contributed by atoms with Crippen molar-refractivity contribution in [2.24, 2.45) is 0 Å². The molecule has 0 bridgehead atoms. The van der Waals surface area contributed by atoms with Gasteiger partial charge in [0.05, 0.1) is 27.7 Å². The third kappa shape index (κ3) is 76.2. The number of carbonyl (C=O) groups excluding carboxylic acids is 2. The fourth-order valence-electron chi connectivity index (χ4n) is 11.4. The maximum Gasteiger partial charge on any atom is 0.472 e. The first-order valence-electron chi connectivity index (χ1n) is 39.3. The van der Waals surface area contributed by atoms with E-state index in [-0.39, 0.29) is 25.6 Å². The van der Waals surface area contributed by atoms with Crippen molar-refractivity contribution in [2.45, 2.75) is 380 Å². The Labute approximate surface area is 571 Å². The molecule has 0 aromatic heterocycles. The molecule has 0 radical (unpaired) electrons. The van der Waals surface area contributed by atoms with Crippen LogP contribution in [0.2, 0.25) is 0 Å². The maximum atomic E-state index is 12.9. The third-order valence-corrected chi connectivity index (χ3v) is 18.4. The molecule has 0 spiro atoms. The molecule has 0 aromatic rings. The van der Waals surface area contributed by atoms with Gasteiger partial charge in [-0.2, -0.15) is 0 Å². The zero-order chi connectivity index (χ0) is 66.9. The van der Waals surface area contributed by atoms with Gasteiger partial charge in [0.25, 0.3) is 0 Å². The topological polar surface area (TPSA) is 108 Å². The number of nitrogens with zero attached hydrogens (tertiary/aromatic N) is 1. The molecule has 0 aliphatic rings. The summed E-state index contributed by atoms with van der Waals surface area (Å²) >= 11 is 0. The number of ether oxygens (including phenoxy) is 2. The molecule has 536 valence electrons. The smallest absolute Gasteiger partial charge is 0.462 e. The number of unbranched alkanes of at least 4 members (excludes halogenated alkanes) is 45. The summed E-state index contributed by atoms with van der Waals surface area (Å²) in [5, 5.41) is 0. The monoisotopic (exact) mass is 1310 g/mol. The van der Waals surface area contributed by atoms with E-state index in [9.17, 15) is 19.0 Å². The molecule has 0 fully saturated rings. The standard InChI is InChI=1S/C82H150NO8P/c1-6-8-10-12-14-16-18-20-22-24-26-28-30-32-34-36-38-39-40-41-42-43-45-47-49-51-53-55-57-59-61-63-65-67-69-71-73-75-82(85)91-80(79-90-92(86,87)89-77-76-83(3,4)5)78-88-81(84)74-72-70-68-66-64-62-60-58-56-54-52-50-48-46-44-37-35-33-31-29-27-25-23-21-19-17-15-13-11-9-7-2/h8,10,14,16,19-22,25-28,31,33,80H,6-7,9,11-13,15,17-18,23-24,29-30,32,34-79H2,1-5H3/p+1/b10-8-,16-14-,21-19-,22-20-,27-25-,28-26-,33-31-. The molecule has 10 heteroatoms. The van der Waals surface area contributed by atoms with Crippen molar-refractivity contribution in [3.8, 4) is 0 Å². The van der Waals surface area contributed by atoms with Crippen molar-refractivity contribution in [1.82, 2.24) is 0 Å². The van der Waals surface area contributed by atoms with E-state index in [2.05, 4.69) is 98.9 Å². The van der Waals surface area contributed by atoms with Crippen LogP contribution in [0.5, 0.6) is 0 Å². The molecular formula is C82H151NO8P+. The van der Waals surface area contributed by atoms with E-state index >= 15 is 0 Å². The molecule has 0 aromatic carbocycles. The molecule has 0 amide bonds. The van der Waals surface area contributed by atoms with Gasteiger partial charge in [0.15, 0.2) is 6.10 Å². The largest absolute Gasteiger partial charge is 0.472 e. The van der Waals surface area contributed by atoms with Crippen molar-refractivity contribution in [2.75, 3.05) is 47.5 Å². The molecule has 0 saturated heterocycles. The van der Waals surface area contributed by atoms with Crippen LogP contribution in [0.1, 0.15) is 373 Å². The quantitative estimate of drug-likeness (QED) is 0.0211. The summed E-state index contributed by atoms with van der Waals surface area (Å²) in [6.07, 6.45) is 100. The van der Waals surface area contributed by atoms with E-state index in [1.165, 1.54) is 270 Å². The maximum absolute atomic E-state index is 12.9. The lowest BCUT2D eigenvalue weighted by atomic mass is 10.0. The Hall–Kier alpha value is -2.81. The van der Waals surface area contributed by atoms with Crippen LogP contribution in [0.4, 0.5) is 0 Å². The summed E-state index contributed by atoms with van der Waals surface area (Å²) in [5.74, 6) is -0.779. The van der Waals surface area contributed by atoms with Gasteiger partial charge < -0.3 is 18.9 Å². The van der Waals surface area contributed by atoms with Crippen molar-refractivity contribution in [3.63, 3.8) is 0 Å². The fraction of sp³-hybridized carbons (Fsp3) is 0.805. The highest BCUT2D eigenvalue weighted by atomic mass is 31.2. The predicted molar refractivity (Wildman–Crippen MR) is 399 cm³/mol. The average Bonchev–Trinajstić information content (AvgIpc) is 2.34. The van der Waals surface area contributed by atoms with Crippen LogP contribution >= 0.6 is 7.82 Å². The number of rotatable bonds is 73. The van der Waals surface area contributed by atoms with Gasteiger partial charge in [0, 0.05) is 12.8 Å². The van der Waals surface area contributed by atoms with E-state index in [1.807, 2.05) is 21.1 Å². The van der Waals surface area contributed by atoms with Gasteiger partial charge in [-0.05, 0) is 89.9 Å². The molecule has 2 atom stereocenters. The molecule has 2 unspecified atom stereocenters. The lowest BCUT2D eigenvalue weighted by Gasteiger charge is -2.24. The molecule has 0 aliphatic heterocycles. The van der Waals surface area contributed by atoms with Crippen LogP contribution < -0.4 is 0 Å². The molecule has 1 N–H and O–H groups in total. The first kappa shape index (κ1) is 89.2. The summed E-state index contributed by atoms with van der Waals surface area (Å²) in [7, 11) is 1.49. The third-order valence-electron chi connectivity index (χ3n) is 17.4. The van der Waals surface area contributed by atoms with Crippen LogP contribution in [0.3, 0.4) is 0 Å². The Bertz CT molecular complexity index is 1830. The van der Waals surface area contributed by atoms with Crippen LogP contribution in [0, 0.1) is 0 Å². The number of carbonyl (C=O) groups is 2. The normalized spacial score (nSPS) is 13.5.